The zero-order valence-electron chi connectivity index (χ0n) is 23.4. The first-order valence-corrected chi connectivity index (χ1v) is 13.4. The molecule has 0 unspecified atom stereocenters. The summed E-state index contributed by atoms with van der Waals surface area (Å²) in [5.41, 5.74) is 5.61. The number of anilines is 1. The number of piperazine rings is 1. The molecular formula is C29H30F3N7O4. The summed E-state index contributed by atoms with van der Waals surface area (Å²) >= 11 is 0. The van der Waals surface area contributed by atoms with Crippen LogP contribution >= 0.6 is 0 Å². The van der Waals surface area contributed by atoms with Crippen LogP contribution < -0.4 is 15.8 Å². The number of alkyl halides is 3. The molecule has 0 radical (unpaired) electrons. The van der Waals surface area contributed by atoms with Crippen molar-refractivity contribution < 1.29 is 32.6 Å². The standard InChI is InChI=1S/C29H30F3N7O4/c1-17-24(18-6-8-21(43-2)9-7-18)36-26-22(15-34-39(26)25(17)29(30,31)32)27(41)38-12-10-37(11-13-38)23(16-40)19-4-3-5-20(14-19)35-28(33)42/h3-9,14-15,23,40H,10-13,16H2,1-2H3,(H3,33,35,42)/t23-/m1/s1. The van der Waals surface area contributed by atoms with Crippen LogP contribution in [0.1, 0.15) is 33.2 Å². The van der Waals surface area contributed by atoms with E-state index in [4.69, 9.17) is 10.5 Å². The summed E-state index contributed by atoms with van der Waals surface area (Å²) in [7, 11) is 1.49. The number of amides is 3. The number of benzene rings is 2. The Morgan fingerprint density at radius 2 is 1.81 bits per heavy atom. The number of fused-ring (bicyclic) bond motifs is 1. The number of aliphatic hydroxyl groups is 1. The number of halogens is 3. The lowest BCUT2D eigenvalue weighted by Gasteiger charge is -2.38. The minimum Gasteiger partial charge on any atom is -0.497 e. The quantitative estimate of drug-likeness (QED) is 0.295. The summed E-state index contributed by atoms with van der Waals surface area (Å²) < 4.78 is 48.7. The van der Waals surface area contributed by atoms with Gasteiger partial charge in [0.05, 0.1) is 31.6 Å². The largest absolute Gasteiger partial charge is 0.497 e. The van der Waals surface area contributed by atoms with Crippen LogP contribution in [0.3, 0.4) is 0 Å². The molecule has 1 saturated heterocycles. The molecule has 14 heteroatoms. The summed E-state index contributed by atoms with van der Waals surface area (Å²) in [5.74, 6) is 0.0457. The Morgan fingerprint density at radius 3 is 2.42 bits per heavy atom. The summed E-state index contributed by atoms with van der Waals surface area (Å²) in [4.78, 5) is 32.9. The highest BCUT2D eigenvalue weighted by Gasteiger charge is 2.39. The first-order chi connectivity index (χ1) is 20.5. The van der Waals surface area contributed by atoms with Crippen molar-refractivity contribution in [1.29, 1.82) is 0 Å². The Labute approximate surface area is 244 Å². The van der Waals surface area contributed by atoms with Gasteiger partial charge >= 0.3 is 12.2 Å². The number of ether oxygens (including phenoxy) is 1. The van der Waals surface area contributed by atoms with Crippen molar-refractivity contribution >= 4 is 23.3 Å². The molecule has 1 aliphatic heterocycles. The molecule has 3 amide bonds. The van der Waals surface area contributed by atoms with E-state index in [1.165, 1.54) is 18.9 Å². The molecule has 0 aliphatic carbocycles. The van der Waals surface area contributed by atoms with E-state index in [2.05, 4.69) is 15.4 Å². The Morgan fingerprint density at radius 1 is 1.12 bits per heavy atom. The predicted molar refractivity (Wildman–Crippen MR) is 152 cm³/mol. The summed E-state index contributed by atoms with van der Waals surface area (Å²) in [6.45, 7) is 2.42. The van der Waals surface area contributed by atoms with E-state index in [0.29, 0.717) is 34.6 Å². The zero-order valence-corrected chi connectivity index (χ0v) is 23.4. The molecule has 2 aromatic carbocycles. The minimum absolute atomic E-state index is 0.0438. The molecule has 0 saturated carbocycles. The van der Waals surface area contributed by atoms with Gasteiger partial charge in [-0.25, -0.2) is 14.3 Å². The van der Waals surface area contributed by atoms with E-state index in [9.17, 15) is 27.9 Å². The van der Waals surface area contributed by atoms with Crippen LogP contribution in [0, 0.1) is 6.92 Å². The van der Waals surface area contributed by atoms with Crippen molar-refractivity contribution in [3.63, 3.8) is 0 Å². The monoisotopic (exact) mass is 597 g/mol. The Kier molecular flexibility index (Phi) is 8.24. The molecule has 1 fully saturated rings. The van der Waals surface area contributed by atoms with Gasteiger partial charge in [-0.1, -0.05) is 12.1 Å². The number of aliphatic hydroxyl groups excluding tert-OH is 1. The Hall–Kier alpha value is -4.69. The van der Waals surface area contributed by atoms with Crippen LogP contribution in [0.2, 0.25) is 0 Å². The van der Waals surface area contributed by atoms with Gasteiger partial charge in [0.25, 0.3) is 5.91 Å². The summed E-state index contributed by atoms with van der Waals surface area (Å²) in [6.07, 6.45) is -3.63. The maximum Gasteiger partial charge on any atom is 0.433 e. The average molecular weight is 598 g/mol. The molecule has 43 heavy (non-hydrogen) atoms. The van der Waals surface area contributed by atoms with Crippen LogP contribution in [0.5, 0.6) is 5.75 Å². The highest BCUT2D eigenvalue weighted by molar-refractivity contribution is 6.00. The second kappa shape index (κ2) is 11.9. The summed E-state index contributed by atoms with van der Waals surface area (Å²) in [5, 5.41) is 16.6. The number of primary amides is 1. The van der Waals surface area contributed by atoms with Crippen LogP contribution in [-0.4, -0.2) is 81.3 Å². The Bertz CT molecular complexity index is 1650. The number of carbonyl (C=O) groups excluding carboxylic acids is 2. The van der Waals surface area contributed by atoms with E-state index < -0.39 is 29.9 Å². The van der Waals surface area contributed by atoms with Crippen LogP contribution in [-0.2, 0) is 6.18 Å². The Balaban J connectivity index is 1.41. The molecule has 226 valence electrons. The molecule has 5 rings (SSSR count). The van der Waals surface area contributed by atoms with Crippen molar-refractivity contribution in [2.75, 3.05) is 45.2 Å². The molecule has 3 heterocycles. The highest BCUT2D eigenvalue weighted by atomic mass is 19.4. The number of nitrogens with one attached hydrogen (secondary N) is 1. The number of hydrogen-bond acceptors (Lipinski definition) is 7. The second-order valence-corrected chi connectivity index (χ2v) is 10.1. The third-order valence-electron chi connectivity index (χ3n) is 7.50. The zero-order chi connectivity index (χ0) is 30.9. The normalized spacial score (nSPS) is 15.0. The van der Waals surface area contributed by atoms with E-state index in [0.717, 1.165) is 11.8 Å². The smallest absolute Gasteiger partial charge is 0.433 e. The molecule has 1 atom stereocenters. The van der Waals surface area contributed by atoms with Crippen molar-refractivity contribution in [3.8, 4) is 17.0 Å². The lowest BCUT2D eigenvalue weighted by molar-refractivity contribution is -0.143. The van der Waals surface area contributed by atoms with Gasteiger partial charge in [-0.3, -0.25) is 9.69 Å². The first kappa shape index (κ1) is 29.8. The lowest BCUT2D eigenvalue weighted by atomic mass is 10.0. The van der Waals surface area contributed by atoms with Crippen LogP contribution in [0.25, 0.3) is 16.9 Å². The van der Waals surface area contributed by atoms with E-state index >= 15 is 0 Å². The van der Waals surface area contributed by atoms with Crippen molar-refractivity contribution in [2.24, 2.45) is 5.73 Å². The van der Waals surface area contributed by atoms with Crippen LogP contribution in [0.4, 0.5) is 23.7 Å². The van der Waals surface area contributed by atoms with Gasteiger partial charge in [0.1, 0.15) is 11.3 Å². The van der Waals surface area contributed by atoms with Gasteiger partial charge in [-0.05, 0) is 48.9 Å². The SMILES string of the molecule is COc1ccc(-c2nc3c(C(=O)N4CCN([C@H](CO)c5cccc(NC(N)=O)c5)CC4)cnn3c(C(F)(F)F)c2C)cc1. The van der Waals surface area contributed by atoms with Crippen molar-refractivity contribution in [3.05, 3.63) is 77.1 Å². The fourth-order valence-corrected chi connectivity index (χ4v) is 5.39. The molecule has 0 bridgehead atoms. The van der Waals surface area contributed by atoms with Gasteiger partial charge in [-0.15, -0.1) is 0 Å². The van der Waals surface area contributed by atoms with Crippen molar-refractivity contribution in [1.82, 2.24) is 24.4 Å². The van der Waals surface area contributed by atoms with E-state index in [1.54, 1.807) is 42.5 Å². The third kappa shape index (κ3) is 5.96. The average Bonchev–Trinajstić information content (AvgIpc) is 3.39. The topological polar surface area (TPSA) is 138 Å². The van der Waals surface area contributed by atoms with Crippen molar-refractivity contribution in [2.45, 2.75) is 19.1 Å². The maximum atomic E-state index is 14.3. The fraction of sp³-hybridized carbons (Fsp3) is 0.310. The lowest BCUT2D eigenvalue weighted by Crippen LogP contribution is -2.50. The van der Waals surface area contributed by atoms with Gasteiger partial charge in [0, 0.05) is 43.0 Å². The molecular weight excluding hydrogens is 567 g/mol. The summed E-state index contributed by atoms with van der Waals surface area (Å²) in [6, 6.07) is 12.3. The first-order valence-electron chi connectivity index (χ1n) is 13.4. The number of urea groups is 1. The third-order valence-corrected chi connectivity index (χ3v) is 7.50. The number of nitrogens with two attached hydrogens (primary N) is 1. The number of hydrogen-bond donors (Lipinski definition) is 3. The van der Waals surface area contributed by atoms with Crippen LogP contribution in [0.15, 0.2) is 54.7 Å². The number of methoxy groups -OCH3 is 1. The highest BCUT2D eigenvalue weighted by Crippen LogP contribution is 2.37. The van der Waals surface area contributed by atoms with Gasteiger partial charge < -0.3 is 25.8 Å². The fourth-order valence-electron chi connectivity index (χ4n) is 5.39. The van der Waals surface area contributed by atoms with Gasteiger partial charge in [0.15, 0.2) is 11.3 Å². The molecule has 0 spiro atoms. The number of aromatic nitrogens is 3. The van der Waals surface area contributed by atoms with E-state index in [-0.39, 0.29) is 42.2 Å². The number of nitrogens with zero attached hydrogens (tertiary/aromatic N) is 5. The molecule has 1 aliphatic rings. The minimum atomic E-state index is -4.76. The van der Waals surface area contributed by atoms with Gasteiger partial charge in [0.2, 0.25) is 0 Å². The maximum absolute atomic E-state index is 14.3. The molecule has 4 aromatic rings. The molecule has 4 N–H and O–H groups in total. The van der Waals surface area contributed by atoms with E-state index in [1.807, 2.05) is 11.0 Å². The molecule has 2 aromatic heterocycles. The number of carbonyl (C=O) groups is 2. The number of rotatable bonds is 7. The predicted octanol–water partition coefficient (Wildman–Crippen LogP) is 3.71. The molecule has 11 nitrogen and oxygen atoms in total. The second-order valence-electron chi connectivity index (χ2n) is 10.1. The van der Waals surface area contributed by atoms with Gasteiger partial charge in [-0.2, -0.15) is 18.3 Å².